The molecule has 0 aromatic heterocycles. The topological polar surface area (TPSA) is 69.7 Å². The van der Waals surface area contributed by atoms with Crippen molar-refractivity contribution in [2.45, 2.75) is 65.0 Å². The van der Waals surface area contributed by atoms with Crippen molar-refractivity contribution in [3.63, 3.8) is 0 Å². The summed E-state index contributed by atoms with van der Waals surface area (Å²) in [6.45, 7) is 6.85. The van der Waals surface area contributed by atoms with Crippen LogP contribution >= 0.6 is 11.6 Å². The summed E-state index contributed by atoms with van der Waals surface area (Å²) in [4.78, 5) is 41.0. The van der Waals surface area contributed by atoms with E-state index in [1.807, 2.05) is 12.1 Å². The van der Waals surface area contributed by atoms with Gasteiger partial charge in [0.2, 0.25) is 5.91 Å². The van der Waals surface area contributed by atoms with Gasteiger partial charge in [0.1, 0.15) is 12.1 Å². The SMILES string of the molecule is CCC(C)(C)C1CCC2(CC1)NC(=O)N(CC(=O)N(C)Cc1cccc(Cl)c1)C2=O. The molecular weight excluding hydrogens is 402 g/mol. The van der Waals surface area contributed by atoms with Crippen LogP contribution in [0.25, 0.3) is 0 Å². The number of urea groups is 1. The fourth-order valence-electron chi connectivity index (χ4n) is 4.59. The van der Waals surface area contributed by atoms with Gasteiger partial charge >= 0.3 is 6.03 Å². The number of halogens is 1. The van der Waals surface area contributed by atoms with Gasteiger partial charge in [-0.15, -0.1) is 0 Å². The van der Waals surface area contributed by atoms with Crippen LogP contribution in [0.2, 0.25) is 5.02 Å². The van der Waals surface area contributed by atoms with E-state index in [9.17, 15) is 14.4 Å². The third-order valence-corrected chi connectivity index (χ3v) is 7.36. The molecule has 1 saturated carbocycles. The number of carbonyl (C=O) groups is 3. The van der Waals surface area contributed by atoms with Crippen LogP contribution in [0.5, 0.6) is 0 Å². The number of benzene rings is 1. The summed E-state index contributed by atoms with van der Waals surface area (Å²) in [6.07, 6.45) is 4.17. The van der Waals surface area contributed by atoms with Crippen molar-refractivity contribution in [1.29, 1.82) is 0 Å². The first kappa shape index (κ1) is 22.6. The average molecular weight is 434 g/mol. The molecular formula is C23H32ClN3O3. The zero-order chi connectivity index (χ0) is 22.1. The standard InChI is InChI=1S/C23H32ClN3O3/c1-5-22(2,3)17-9-11-23(12-10-17)20(29)27(21(30)25-23)15-19(28)26(4)14-16-7-6-8-18(24)13-16/h6-8,13,17H,5,9-12,14-15H2,1-4H3,(H,25,30). The van der Waals surface area contributed by atoms with Gasteiger partial charge in [0.25, 0.3) is 5.91 Å². The maximum Gasteiger partial charge on any atom is 0.325 e. The summed E-state index contributed by atoms with van der Waals surface area (Å²) in [5.41, 5.74) is 0.277. The minimum Gasteiger partial charge on any atom is -0.340 e. The van der Waals surface area contributed by atoms with Crippen molar-refractivity contribution >= 4 is 29.4 Å². The first-order chi connectivity index (χ1) is 14.1. The zero-order valence-electron chi connectivity index (χ0n) is 18.3. The molecule has 30 heavy (non-hydrogen) atoms. The molecule has 0 bridgehead atoms. The number of imide groups is 1. The van der Waals surface area contributed by atoms with E-state index in [-0.39, 0.29) is 23.8 Å². The maximum absolute atomic E-state index is 13.1. The molecule has 1 aliphatic heterocycles. The molecule has 2 fully saturated rings. The van der Waals surface area contributed by atoms with Crippen LogP contribution in [0.1, 0.15) is 58.4 Å². The number of carbonyl (C=O) groups excluding carboxylic acids is 3. The fourth-order valence-corrected chi connectivity index (χ4v) is 4.81. The smallest absolute Gasteiger partial charge is 0.325 e. The van der Waals surface area contributed by atoms with Crippen LogP contribution in [-0.4, -0.2) is 46.8 Å². The van der Waals surface area contributed by atoms with Crippen molar-refractivity contribution in [3.05, 3.63) is 34.9 Å². The van der Waals surface area contributed by atoms with E-state index in [0.717, 1.165) is 29.7 Å². The van der Waals surface area contributed by atoms with Crippen LogP contribution in [0.15, 0.2) is 24.3 Å². The second kappa shape index (κ2) is 8.58. The highest BCUT2D eigenvalue weighted by Crippen LogP contribution is 2.45. The molecule has 0 unspecified atom stereocenters. The van der Waals surface area contributed by atoms with Gasteiger partial charge in [-0.1, -0.05) is 50.9 Å². The third-order valence-electron chi connectivity index (χ3n) is 7.13. The predicted molar refractivity (Wildman–Crippen MR) is 117 cm³/mol. The molecule has 1 heterocycles. The summed E-state index contributed by atoms with van der Waals surface area (Å²) in [7, 11) is 1.66. The van der Waals surface area contributed by atoms with E-state index < -0.39 is 11.6 Å². The van der Waals surface area contributed by atoms with Crippen LogP contribution in [0.3, 0.4) is 0 Å². The van der Waals surface area contributed by atoms with Crippen molar-refractivity contribution < 1.29 is 14.4 Å². The Morgan fingerprint density at radius 2 is 1.97 bits per heavy atom. The summed E-state index contributed by atoms with van der Waals surface area (Å²) >= 11 is 6.00. The fraction of sp³-hybridized carbons (Fsp3) is 0.609. The Kier molecular flexibility index (Phi) is 6.46. The Morgan fingerprint density at radius 1 is 1.30 bits per heavy atom. The number of hydrogen-bond donors (Lipinski definition) is 1. The first-order valence-electron chi connectivity index (χ1n) is 10.7. The number of likely N-dealkylation sites (N-methyl/N-ethyl adjacent to an activating group) is 1. The van der Waals surface area contributed by atoms with E-state index in [2.05, 4.69) is 26.1 Å². The lowest BCUT2D eigenvalue weighted by atomic mass is 9.65. The minimum absolute atomic E-state index is 0.228. The van der Waals surface area contributed by atoms with Gasteiger partial charge in [0.05, 0.1) is 0 Å². The molecule has 4 amide bonds. The number of nitrogens with one attached hydrogen (secondary N) is 1. The van der Waals surface area contributed by atoms with Crippen LogP contribution in [0, 0.1) is 11.3 Å². The normalized spacial score (nSPS) is 24.3. The summed E-state index contributed by atoms with van der Waals surface area (Å²) in [5, 5.41) is 3.51. The molecule has 164 valence electrons. The van der Waals surface area contributed by atoms with Crippen molar-refractivity contribution in [1.82, 2.24) is 15.1 Å². The van der Waals surface area contributed by atoms with Gasteiger partial charge in [-0.2, -0.15) is 0 Å². The third kappa shape index (κ3) is 4.48. The molecule has 1 aromatic carbocycles. The maximum atomic E-state index is 13.1. The number of nitrogens with zero attached hydrogens (tertiary/aromatic N) is 2. The molecule has 2 aliphatic rings. The van der Waals surface area contributed by atoms with E-state index >= 15 is 0 Å². The predicted octanol–water partition coefficient (Wildman–Crippen LogP) is 4.22. The van der Waals surface area contributed by atoms with Gasteiger partial charge in [0.15, 0.2) is 0 Å². The second-order valence-corrected chi connectivity index (χ2v) is 9.84. The number of rotatable bonds is 6. The zero-order valence-corrected chi connectivity index (χ0v) is 19.1. The highest BCUT2D eigenvalue weighted by molar-refractivity contribution is 6.30. The molecule has 6 nitrogen and oxygen atoms in total. The minimum atomic E-state index is -0.844. The number of amides is 4. The van der Waals surface area contributed by atoms with E-state index in [0.29, 0.717) is 30.3 Å². The molecule has 3 rings (SSSR count). The first-order valence-corrected chi connectivity index (χ1v) is 11.1. The molecule has 7 heteroatoms. The molecule has 1 N–H and O–H groups in total. The van der Waals surface area contributed by atoms with Gasteiger partial charge in [-0.05, 0) is 54.7 Å². The molecule has 1 aliphatic carbocycles. The van der Waals surface area contributed by atoms with Crippen molar-refractivity contribution in [3.8, 4) is 0 Å². The van der Waals surface area contributed by atoms with Crippen LogP contribution in [0.4, 0.5) is 4.79 Å². The Labute approximate surface area is 183 Å². The summed E-state index contributed by atoms with van der Waals surface area (Å²) in [5.74, 6) is -0.00146. The Morgan fingerprint density at radius 3 is 2.57 bits per heavy atom. The van der Waals surface area contributed by atoms with Gasteiger partial charge < -0.3 is 10.2 Å². The van der Waals surface area contributed by atoms with Crippen molar-refractivity contribution in [2.24, 2.45) is 11.3 Å². The Hall–Kier alpha value is -2.08. The molecule has 1 saturated heterocycles. The second-order valence-electron chi connectivity index (χ2n) is 9.40. The van der Waals surface area contributed by atoms with Crippen LogP contribution in [-0.2, 0) is 16.1 Å². The largest absolute Gasteiger partial charge is 0.340 e. The Balaban J connectivity index is 1.62. The average Bonchev–Trinajstić information content (AvgIpc) is 2.92. The number of hydrogen-bond acceptors (Lipinski definition) is 3. The van der Waals surface area contributed by atoms with Crippen LogP contribution < -0.4 is 5.32 Å². The lowest BCUT2D eigenvalue weighted by molar-refractivity contribution is -0.139. The Bertz CT molecular complexity index is 831. The lowest BCUT2D eigenvalue weighted by Crippen LogP contribution is -2.51. The van der Waals surface area contributed by atoms with E-state index in [1.165, 1.54) is 4.90 Å². The lowest BCUT2D eigenvalue weighted by Gasteiger charge is -2.42. The molecule has 1 aromatic rings. The summed E-state index contributed by atoms with van der Waals surface area (Å²) < 4.78 is 0. The quantitative estimate of drug-likeness (QED) is 0.683. The molecule has 0 atom stereocenters. The monoisotopic (exact) mass is 433 g/mol. The van der Waals surface area contributed by atoms with Gasteiger partial charge in [0, 0.05) is 18.6 Å². The van der Waals surface area contributed by atoms with E-state index in [4.69, 9.17) is 11.6 Å². The molecule has 1 spiro atoms. The van der Waals surface area contributed by atoms with Gasteiger partial charge in [-0.3, -0.25) is 14.5 Å². The summed E-state index contributed by atoms with van der Waals surface area (Å²) in [6, 6.07) is 6.82. The highest BCUT2D eigenvalue weighted by atomic mass is 35.5. The molecule has 0 radical (unpaired) electrons. The van der Waals surface area contributed by atoms with Crippen molar-refractivity contribution in [2.75, 3.05) is 13.6 Å². The van der Waals surface area contributed by atoms with E-state index in [1.54, 1.807) is 19.2 Å². The van der Waals surface area contributed by atoms with Gasteiger partial charge in [-0.25, -0.2) is 4.79 Å². The highest BCUT2D eigenvalue weighted by Gasteiger charge is 2.53.